The lowest BCUT2D eigenvalue weighted by Crippen LogP contribution is -2.52. The van der Waals surface area contributed by atoms with Gasteiger partial charge in [0.25, 0.3) is 5.91 Å². The van der Waals surface area contributed by atoms with Gasteiger partial charge in [0.15, 0.2) is 0 Å². The van der Waals surface area contributed by atoms with Gasteiger partial charge in [-0.15, -0.1) is 0 Å². The van der Waals surface area contributed by atoms with Crippen molar-refractivity contribution in [1.82, 2.24) is 15.5 Å². The maximum Gasteiger partial charge on any atom is 0.408 e. The van der Waals surface area contributed by atoms with E-state index in [9.17, 15) is 24.0 Å². The van der Waals surface area contributed by atoms with Crippen molar-refractivity contribution < 1.29 is 33.4 Å². The summed E-state index contributed by atoms with van der Waals surface area (Å²) in [6, 6.07) is 4.80. The maximum atomic E-state index is 13.6. The Bertz CT molecular complexity index is 1020. The number of nitrogens with one attached hydrogen (secondary N) is 2. The molecule has 1 aromatic carbocycles. The monoisotopic (exact) mass is 502 g/mol. The Balaban J connectivity index is 3.48. The fraction of sp³-hybridized carbons (Fsp3) is 0.480. The van der Waals surface area contributed by atoms with E-state index in [1.54, 1.807) is 52.8 Å². The molecule has 1 aromatic rings. The normalized spacial score (nSPS) is 12.4. The second kappa shape index (κ2) is 13.1. The topological polar surface area (TPSA) is 157 Å². The van der Waals surface area contributed by atoms with Gasteiger partial charge in [-0.3, -0.25) is 24.1 Å². The summed E-state index contributed by atoms with van der Waals surface area (Å²) in [5, 5.41) is 4.84. The van der Waals surface area contributed by atoms with Gasteiger partial charge in [-0.2, -0.15) is 0 Å². The Labute approximate surface area is 211 Å². The lowest BCUT2D eigenvalue weighted by atomic mass is 9.93. The molecule has 0 heterocycles. The molecule has 11 heteroatoms. The van der Waals surface area contributed by atoms with Gasteiger partial charge in [0.05, 0.1) is 7.11 Å². The highest BCUT2D eigenvalue weighted by atomic mass is 16.6. The summed E-state index contributed by atoms with van der Waals surface area (Å²) in [5.41, 5.74) is 6.15. The van der Waals surface area contributed by atoms with Crippen molar-refractivity contribution in [2.24, 2.45) is 5.73 Å². The summed E-state index contributed by atoms with van der Waals surface area (Å²) in [7, 11) is 1.17. The minimum Gasteiger partial charge on any atom is -0.468 e. The van der Waals surface area contributed by atoms with Crippen LogP contribution >= 0.6 is 0 Å². The van der Waals surface area contributed by atoms with Crippen LogP contribution in [0.1, 0.15) is 56.3 Å². The zero-order valence-corrected chi connectivity index (χ0v) is 21.5. The number of esters is 1. The highest BCUT2D eigenvalue weighted by Gasteiger charge is 2.37. The highest BCUT2D eigenvalue weighted by Crippen LogP contribution is 2.28. The highest BCUT2D eigenvalue weighted by molar-refractivity contribution is 5.94. The number of rotatable bonds is 10. The summed E-state index contributed by atoms with van der Waals surface area (Å²) >= 11 is 0. The predicted octanol–water partition coefficient (Wildman–Crippen LogP) is 1.21. The molecule has 4 N–H and O–H groups in total. The van der Waals surface area contributed by atoms with Crippen molar-refractivity contribution in [3.8, 4) is 12.5 Å². The number of nitrogens with two attached hydrogens (primary N) is 1. The molecule has 2 unspecified atom stereocenters. The van der Waals surface area contributed by atoms with Crippen LogP contribution in [0.3, 0.4) is 0 Å². The van der Waals surface area contributed by atoms with Crippen molar-refractivity contribution >= 4 is 29.8 Å². The lowest BCUT2D eigenvalue weighted by Gasteiger charge is -2.31. The van der Waals surface area contributed by atoms with Crippen LogP contribution in [0.2, 0.25) is 0 Å². The van der Waals surface area contributed by atoms with Crippen molar-refractivity contribution in [3.05, 3.63) is 34.9 Å². The quantitative estimate of drug-likeness (QED) is 0.246. The largest absolute Gasteiger partial charge is 0.468 e. The van der Waals surface area contributed by atoms with Crippen LogP contribution < -0.4 is 16.4 Å². The van der Waals surface area contributed by atoms with E-state index in [2.05, 4.69) is 21.4 Å². The first-order chi connectivity index (χ1) is 16.7. The number of hydrogen-bond donors (Lipinski definition) is 3. The third-order valence-electron chi connectivity index (χ3n) is 5.00. The second-order valence-electron chi connectivity index (χ2n) is 9.04. The first kappa shape index (κ1) is 30.0. The third kappa shape index (κ3) is 8.94. The number of terminal acetylenes is 1. The second-order valence-corrected chi connectivity index (χ2v) is 9.04. The number of amides is 4. The molecule has 36 heavy (non-hydrogen) atoms. The molecule has 0 aromatic heterocycles. The molecule has 0 aliphatic rings. The lowest BCUT2D eigenvalue weighted by molar-refractivity contribution is -0.142. The Morgan fingerprint density at radius 2 is 1.72 bits per heavy atom. The SMILES string of the molecule is C#CN(C(=O)C(CCC(N)=O)NC(=O)OC(C)(C)C)C(C(=O)NCC(=O)OC)c1c(C)cccc1C. The van der Waals surface area contributed by atoms with Crippen molar-refractivity contribution in [2.75, 3.05) is 13.7 Å². The molecule has 4 amide bonds. The van der Waals surface area contributed by atoms with E-state index < -0.39 is 54.0 Å². The molecular weight excluding hydrogens is 468 g/mol. The van der Waals surface area contributed by atoms with E-state index in [0.29, 0.717) is 16.7 Å². The Kier molecular flexibility index (Phi) is 10.9. The van der Waals surface area contributed by atoms with E-state index >= 15 is 0 Å². The number of alkyl carbamates (subject to hydrolysis) is 1. The van der Waals surface area contributed by atoms with Gasteiger partial charge < -0.3 is 25.8 Å². The molecule has 11 nitrogen and oxygen atoms in total. The molecule has 0 fully saturated rings. The smallest absolute Gasteiger partial charge is 0.408 e. The number of primary amides is 1. The molecule has 2 atom stereocenters. The van der Waals surface area contributed by atoms with Crippen LogP contribution in [0, 0.1) is 26.3 Å². The number of carbonyl (C=O) groups is 5. The van der Waals surface area contributed by atoms with E-state index in [1.165, 1.54) is 7.11 Å². The van der Waals surface area contributed by atoms with E-state index in [4.69, 9.17) is 16.9 Å². The van der Waals surface area contributed by atoms with Crippen molar-refractivity contribution in [1.29, 1.82) is 0 Å². The van der Waals surface area contributed by atoms with Crippen LogP contribution in [-0.4, -0.2) is 60.0 Å². The minimum atomic E-state index is -1.36. The predicted molar refractivity (Wildman–Crippen MR) is 131 cm³/mol. The number of carbonyl (C=O) groups excluding carboxylic acids is 5. The van der Waals surface area contributed by atoms with Gasteiger partial charge in [0.2, 0.25) is 11.8 Å². The summed E-state index contributed by atoms with van der Waals surface area (Å²) in [4.78, 5) is 63.2. The summed E-state index contributed by atoms with van der Waals surface area (Å²) in [6.07, 6.45) is 4.36. The van der Waals surface area contributed by atoms with Crippen LogP contribution in [0.5, 0.6) is 0 Å². The van der Waals surface area contributed by atoms with E-state index in [1.807, 2.05) is 0 Å². The molecule has 0 saturated carbocycles. The summed E-state index contributed by atoms with van der Waals surface area (Å²) in [6.45, 7) is 7.96. The molecule has 0 aliphatic carbocycles. The third-order valence-corrected chi connectivity index (χ3v) is 5.00. The number of benzene rings is 1. The number of ether oxygens (including phenoxy) is 2. The minimum absolute atomic E-state index is 0.186. The first-order valence-corrected chi connectivity index (χ1v) is 11.2. The summed E-state index contributed by atoms with van der Waals surface area (Å²) in [5.74, 6) is -2.98. The maximum absolute atomic E-state index is 13.6. The van der Waals surface area contributed by atoms with E-state index in [0.717, 1.165) is 4.90 Å². The van der Waals surface area contributed by atoms with Gasteiger partial charge in [0.1, 0.15) is 24.2 Å². The zero-order valence-electron chi connectivity index (χ0n) is 21.5. The molecule has 0 bridgehead atoms. The molecule has 1 rings (SSSR count). The standard InChI is InChI=1S/C25H34N4O7/c1-8-29(23(33)17(12-13-18(26)30)28-24(34)36-25(4,5)6)21(22(32)27-14-19(31)35-7)20-15(2)10-9-11-16(20)3/h1,9-11,17,21H,12-14H2,2-7H3,(H2,26,30)(H,27,32)(H,28,34). The van der Waals surface area contributed by atoms with Crippen LogP contribution in [0.25, 0.3) is 0 Å². The van der Waals surface area contributed by atoms with Crippen molar-refractivity contribution in [2.45, 2.75) is 65.1 Å². The number of nitrogens with zero attached hydrogens (tertiary/aromatic N) is 1. The average Bonchev–Trinajstić information content (AvgIpc) is 2.77. The fourth-order valence-corrected chi connectivity index (χ4v) is 3.39. The molecule has 0 radical (unpaired) electrons. The zero-order chi connectivity index (χ0) is 27.6. The number of aryl methyl sites for hydroxylation is 2. The first-order valence-electron chi connectivity index (χ1n) is 11.2. The van der Waals surface area contributed by atoms with Gasteiger partial charge >= 0.3 is 12.1 Å². The average molecular weight is 503 g/mol. The van der Waals surface area contributed by atoms with Gasteiger partial charge in [-0.1, -0.05) is 24.6 Å². The molecule has 0 aliphatic heterocycles. The Morgan fingerprint density at radius 1 is 1.14 bits per heavy atom. The molecule has 196 valence electrons. The van der Waals surface area contributed by atoms with Crippen LogP contribution in [0.4, 0.5) is 4.79 Å². The number of hydrogen-bond acceptors (Lipinski definition) is 7. The molecule has 0 spiro atoms. The molecular formula is C25H34N4O7. The summed E-state index contributed by atoms with van der Waals surface area (Å²) < 4.78 is 9.79. The van der Waals surface area contributed by atoms with Gasteiger partial charge in [-0.05, 0) is 57.7 Å². The number of methoxy groups -OCH3 is 1. The molecule has 0 saturated heterocycles. The Morgan fingerprint density at radius 3 is 2.19 bits per heavy atom. The van der Waals surface area contributed by atoms with Gasteiger partial charge in [0, 0.05) is 12.5 Å². The van der Waals surface area contributed by atoms with Crippen LogP contribution in [0.15, 0.2) is 18.2 Å². The van der Waals surface area contributed by atoms with Crippen molar-refractivity contribution in [3.63, 3.8) is 0 Å². The van der Waals surface area contributed by atoms with Crippen LogP contribution in [-0.2, 0) is 28.7 Å². The Hall–Kier alpha value is -4.07. The van der Waals surface area contributed by atoms with Gasteiger partial charge in [-0.25, -0.2) is 4.79 Å². The fourth-order valence-electron chi connectivity index (χ4n) is 3.39. The van der Waals surface area contributed by atoms with E-state index in [-0.39, 0.29) is 12.8 Å².